The SMILES string of the molecule is Cc1cccc(CSCC(=O)NC(c2ccccc2)c2ccco2)c1. The van der Waals surface area contributed by atoms with Gasteiger partial charge in [0.05, 0.1) is 12.0 Å². The Bertz CT molecular complexity index is 800. The Morgan fingerprint density at radius 2 is 1.92 bits per heavy atom. The molecular weight excluding hydrogens is 330 g/mol. The van der Waals surface area contributed by atoms with E-state index in [9.17, 15) is 4.79 Å². The minimum Gasteiger partial charge on any atom is -0.467 e. The molecule has 3 rings (SSSR count). The molecule has 0 fully saturated rings. The first-order valence-electron chi connectivity index (χ1n) is 8.23. The van der Waals surface area contributed by atoms with Crippen molar-refractivity contribution in [2.24, 2.45) is 0 Å². The van der Waals surface area contributed by atoms with Gasteiger partial charge in [0.1, 0.15) is 11.8 Å². The van der Waals surface area contributed by atoms with E-state index < -0.39 is 0 Å². The van der Waals surface area contributed by atoms with Gasteiger partial charge in [-0.15, -0.1) is 11.8 Å². The normalized spacial score (nSPS) is 11.9. The van der Waals surface area contributed by atoms with Gasteiger partial charge in [-0.25, -0.2) is 0 Å². The maximum absolute atomic E-state index is 12.4. The monoisotopic (exact) mass is 351 g/mol. The summed E-state index contributed by atoms with van der Waals surface area (Å²) in [6.45, 7) is 2.08. The molecule has 0 saturated carbocycles. The number of amides is 1. The predicted molar refractivity (Wildman–Crippen MR) is 102 cm³/mol. The first-order chi connectivity index (χ1) is 12.2. The van der Waals surface area contributed by atoms with Gasteiger partial charge < -0.3 is 9.73 Å². The van der Waals surface area contributed by atoms with Crippen molar-refractivity contribution in [2.45, 2.75) is 18.7 Å². The summed E-state index contributed by atoms with van der Waals surface area (Å²) in [4.78, 5) is 12.4. The van der Waals surface area contributed by atoms with Gasteiger partial charge in [0.25, 0.3) is 0 Å². The van der Waals surface area contributed by atoms with E-state index in [1.807, 2.05) is 48.5 Å². The molecule has 1 heterocycles. The third-order valence-electron chi connectivity index (χ3n) is 3.85. The van der Waals surface area contributed by atoms with Crippen LogP contribution in [0.4, 0.5) is 0 Å². The van der Waals surface area contributed by atoms with Crippen LogP contribution < -0.4 is 5.32 Å². The zero-order chi connectivity index (χ0) is 17.5. The summed E-state index contributed by atoms with van der Waals surface area (Å²) in [6, 6.07) is 21.7. The first-order valence-corrected chi connectivity index (χ1v) is 9.39. The van der Waals surface area contributed by atoms with E-state index in [0.717, 1.165) is 17.1 Å². The minimum absolute atomic E-state index is 0.00269. The van der Waals surface area contributed by atoms with Gasteiger partial charge in [0.2, 0.25) is 5.91 Å². The van der Waals surface area contributed by atoms with Crippen molar-refractivity contribution in [3.05, 3.63) is 95.4 Å². The summed E-state index contributed by atoms with van der Waals surface area (Å²) in [5, 5.41) is 3.08. The summed E-state index contributed by atoms with van der Waals surface area (Å²) in [7, 11) is 0. The number of rotatable bonds is 7. The summed E-state index contributed by atoms with van der Waals surface area (Å²) >= 11 is 1.61. The first kappa shape index (κ1) is 17.4. The number of carbonyl (C=O) groups is 1. The fourth-order valence-corrected chi connectivity index (χ4v) is 3.47. The molecule has 2 aromatic carbocycles. The Morgan fingerprint density at radius 3 is 2.64 bits per heavy atom. The second-order valence-electron chi connectivity index (χ2n) is 5.91. The van der Waals surface area contributed by atoms with Crippen LogP contribution >= 0.6 is 11.8 Å². The maximum atomic E-state index is 12.4. The van der Waals surface area contributed by atoms with Gasteiger partial charge in [-0.3, -0.25) is 4.79 Å². The lowest BCUT2D eigenvalue weighted by Gasteiger charge is -2.17. The van der Waals surface area contributed by atoms with Gasteiger partial charge in [0, 0.05) is 5.75 Å². The lowest BCUT2D eigenvalue weighted by molar-refractivity contribution is -0.119. The van der Waals surface area contributed by atoms with Crippen LogP contribution in [0.3, 0.4) is 0 Å². The molecule has 3 nitrogen and oxygen atoms in total. The molecule has 1 unspecified atom stereocenters. The summed E-state index contributed by atoms with van der Waals surface area (Å²) in [6.07, 6.45) is 1.63. The average Bonchev–Trinajstić information content (AvgIpc) is 3.15. The molecule has 4 heteroatoms. The smallest absolute Gasteiger partial charge is 0.230 e. The summed E-state index contributed by atoms with van der Waals surface area (Å²) < 4.78 is 5.52. The Morgan fingerprint density at radius 1 is 1.08 bits per heavy atom. The van der Waals surface area contributed by atoms with Crippen molar-refractivity contribution in [1.29, 1.82) is 0 Å². The number of aryl methyl sites for hydroxylation is 1. The largest absolute Gasteiger partial charge is 0.467 e. The number of carbonyl (C=O) groups excluding carboxylic acids is 1. The average molecular weight is 351 g/mol. The molecule has 0 aliphatic carbocycles. The minimum atomic E-state index is -0.261. The molecule has 0 bridgehead atoms. The van der Waals surface area contributed by atoms with Gasteiger partial charge >= 0.3 is 0 Å². The van der Waals surface area contributed by atoms with Crippen LogP contribution in [0.25, 0.3) is 0 Å². The zero-order valence-corrected chi connectivity index (χ0v) is 15.0. The summed E-state index contributed by atoms with van der Waals surface area (Å²) in [5.74, 6) is 1.98. The van der Waals surface area contributed by atoms with E-state index in [2.05, 4.69) is 30.4 Å². The van der Waals surface area contributed by atoms with Crippen LogP contribution in [0.2, 0.25) is 0 Å². The van der Waals surface area contributed by atoms with Gasteiger partial charge in [-0.05, 0) is 30.2 Å². The molecule has 128 valence electrons. The highest BCUT2D eigenvalue weighted by molar-refractivity contribution is 7.99. The lowest BCUT2D eigenvalue weighted by Crippen LogP contribution is -2.30. The molecule has 1 amide bonds. The molecule has 1 atom stereocenters. The quantitative estimate of drug-likeness (QED) is 0.669. The van der Waals surface area contributed by atoms with Crippen LogP contribution in [0.5, 0.6) is 0 Å². The molecular formula is C21H21NO2S. The molecule has 1 aromatic heterocycles. The van der Waals surface area contributed by atoms with E-state index >= 15 is 0 Å². The van der Waals surface area contributed by atoms with Crippen LogP contribution in [0.15, 0.2) is 77.4 Å². The molecule has 0 saturated heterocycles. The van der Waals surface area contributed by atoms with Gasteiger partial charge in [-0.2, -0.15) is 0 Å². The second-order valence-corrected chi connectivity index (χ2v) is 6.89. The van der Waals surface area contributed by atoms with Crippen LogP contribution in [0, 0.1) is 6.92 Å². The Hall–Kier alpha value is -2.46. The van der Waals surface area contributed by atoms with Crippen molar-refractivity contribution >= 4 is 17.7 Å². The predicted octanol–water partition coefficient (Wildman–Crippen LogP) is 4.73. The van der Waals surface area contributed by atoms with E-state index in [0.29, 0.717) is 5.75 Å². The number of furan rings is 1. The van der Waals surface area contributed by atoms with Crippen LogP contribution in [-0.4, -0.2) is 11.7 Å². The zero-order valence-electron chi connectivity index (χ0n) is 14.1. The fraction of sp³-hybridized carbons (Fsp3) is 0.190. The maximum Gasteiger partial charge on any atom is 0.230 e. The Balaban J connectivity index is 1.59. The van der Waals surface area contributed by atoms with Crippen molar-refractivity contribution in [2.75, 3.05) is 5.75 Å². The van der Waals surface area contributed by atoms with Gasteiger partial charge in [0.15, 0.2) is 0 Å². The van der Waals surface area contributed by atoms with Crippen molar-refractivity contribution in [3.8, 4) is 0 Å². The number of nitrogens with one attached hydrogen (secondary N) is 1. The highest BCUT2D eigenvalue weighted by Gasteiger charge is 2.19. The van der Waals surface area contributed by atoms with Crippen molar-refractivity contribution in [1.82, 2.24) is 5.32 Å². The topological polar surface area (TPSA) is 42.2 Å². The number of hydrogen-bond acceptors (Lipinski definition) is 3. The molecule has 25 heavy (non-hydrogen) atoms. The van der Waals surface area contributed by atoms with Gasteiger partial charge in [-0.1, -0.05) is 60.2 Å². The molecule has 0 aliphatic rings. The highest BCUT2D eigenvalue weighted by Crippen LogP contribution is 2.22. The fourth-order valence-electron chi connectivity index (χ4n) is 2.69. The van der Waals surface area contributed by atoms with E-state index in [1.165, 1.54) is 11.1 Å². The number of hydrogen-bond donors (Lipinski definition) is 1. The van der Waals surface area contributed by atoms with Crippen LogP contribution in [-0.2, 0) is 10.5 Å². The van der Waals surface area contributed by atoms with E-state index in [1.54, 1.807) is 18.0 Å². The lowest BCUT2D eigenvalue weighted by atomic mass is 10.0. The standard InChI is InChI=1S/C21H21NO2S/c1-16-7-5-8-17(13-16)14-25-15-20(23)22-21(19-11-6-12-24-19)18-9-3-2-4-10-18/h2-13,21H,14-15H2,1H3,(H,22,23). The second kappa shape index (κ2) is 8.58. The molecule has 3 aromatic rings. The third-order valence-corrected chi connectivity index (χ3v) is 4.85. The summed E-state index contributed by atoms with van der Waals surface area (Å²) in [5.41, 5.74) is 3.49. The molecule has 0 radical (unpaired) electrons. The number of thioether (sulfide) groups is 1. The Labute approximate surface area is 152 Å². The molecule has 0 aliphatic heterocycles. The Kier molecular flexibility index (Phi) is 5.96. The third kappa shape index (κ3) is 5.00. The molecule has 1 N–H and O–H groups in total. The highest BCUT2D eigenvalue weighted by atomic mass is 32.2. The van der Waals surface area contributed by atoms with Crippen molar-refractivity contribution < 1.29 is 9.21 Å². The van der Waals surface area contributed by atoms with E-state index in [-0.39, 0.29) is 11.9 Å². The van der Waals surface area contributed by atoms with E-state index in [4.69, 9.17) is 4.42 Å². The number of benzene rings is 2. The molecule has 0 spiro atoms. The van der Waals surface area contributed by atoms with Crippen molar-refractivity contribution in [3.63, 3.8) is 0 Å². The van der Waals surface area contributed by atoms with Crippen LogP contribution in [0.1, 0.15) is 28.5 Å².